The van der Waals surface area contributed by atoms with Crippen molar-refractivity contribution >= 4 is 32.9 Å². The molecule has 1 aromatic carbocycles. The van der Waals surface area contributed by atoms with E-state index in [4.69, 9.17) is 4.42 Å². The number of fused-ring (bicyclic) bond motifs is 1. The number of aryl methyl sites for hydroxylation is 2. The number of anilines is 1. The predicted octanol–water partition coefficient (Wildman–Crippen LogP) is 5.23. The summed E-state index contributed by atoms with van der Waals surface area (Å²) in [6.45, 7) is 7.75. The second-order valence-electron chi connectivity index (χ2n) is 6.59. The third-order valence-electron chi connectivity index (χ3n) is 4.81. The molecule has 28 heavy (non-hydrogen) atoms. The molecule has 140 valence electrons. The summed E-state index contributed by atoms with van der Waals surface area (Å²) in [5.41, 5.74) is 8.28. The molecule has 0 fully saturated rings. The first-order chi connectivity index (χ1) is 13.5. The van der Waals surface area contributed by atoms with Crippen LogP contribution in [0.2, 0.25) is 0 Å². The van der Waals surface area contributed by atoms with Crippen molar-refractivity contribution in [3.8, 4) is 12.0 Å². The molecule has 1 N–H and O–H groups in total. The molecular weight excluding hydrogens is 370 g/mol. The lowest BCUT2D eigenvalue weighted by atomic mass is 10.2. The lowest BCUT2D eigenvalue weighted by Gasteiger charge is -2.06. The van der Waals surface area contributed by atoms with Crippen LogP contribution in [-0.2, 0) is 0 Å². The minimum atomic E-state index is 0.561. The molecule has 3 heterocycles. The quantitative estimate of drug-likeness (QED) is 0.383. The number of hydrogen-bond acceptors (Lipinski definition) is 6. The zero-order valence-corrected chi connectivity index (χ0v) is 16.9. The molecule has 0 atom stereocenters. The lowest BCUT2D eigenvalue weighted by Crippen LogP contribution is -2.00. The molecule has 0 saturated heterocycles. The first kappa shape index (κ1) is 18.0. The van der Waals surface area contributed by atoms with Crippen molar-refractivity contribution in [1.29, 1.82) is 5.26 Å². The van der Waals surface area contributed by atoms with Crippen LogP contribution in [0.4, 0.5) is 5.13 Å². The van der Waals surface area contributed by atoms with E-state index in [0.717, 1.165) is 43.6 Å². The van der Waals surface area contributed by atoms with Gasteiger partial charge in [0.2, 0.25) is 11.0 Å². The Labute approximate surface area is 166 Å². The second-order valence-corrected chi connectivity index (χ2v) is 7.62. The van der Waals surface area contributed by atoms with E-state index < -0.39 is 0 Å². The summed E-state index contributed by atoms with van der Waals surface area (Å²) in [7, 11) is 0. The first-order valence-corrected chi connectivity index (χ1v) is 9.65. The third-order valence-corrected chi connectivity index (χ3v) is 5.75. The van der Waals surface area contributed by atoms with E-state index in [2.05, 4.69) is 21.6 Å². The maximum Gasteiger partial charge on any atom is 0.222 e. The number of hydrogen-bond donors (Lipinski definition) is 1. The van der Waals surface area contributed by atoms with Crippen molar-refractivity contribution < 1.29 is 4.42 Å². The predicted molar refractivity (Wildman–Crippen MR) is 113 cm³/mol. The first-order valence-electron chi connectivity index (χ1n) is 8.83. The maximum atomic E-state index is 9.52. The third kappa shape index (κ3) is 2.98. The smallest absolute Gasteiger partial charge is 0.222 e. The van der Waals surface area contributed by atoms with E-state index in [-0.39, 0.29) is 0 Å². The van der Waals surface area contributed by atoms with Crippen molar-refractivity contribution in [2.45, 2.75) is 27.7 Å². The zero-order chi connectivity index (χ0) is 19.8. The molecule has 3 aromatic heterocycles. The molecule has 0 amide bonds. The van der Waals surface area contributed by atoms with Crippen LogP contribution >= 0.6 is 11.3 Å². The largest absolute Gasteiger partial charge is 0.443 e. The Balaban J connectivity index is 1.63. The molecule has 0 spiro atoms. The number of thiazole rings is 1. The second kappa shape index (κ2) is 6.98. The Morgan fingerprint density at radius 3 is 2.79 bits per heavy atom. The van der Waals surface area contributed by atoms with Crippen LogP contribution < -0.4 is 5.43 Å². The number of para-hydroxylation sites is 1. The molecule has 0 radical (unpaired) electrons. The fourth-order valence-electron chi connectivity index (χ4n) is 3.21. The van der Waals surface area contributed by atoms with E-state index in [1.807, 2.05) is 62.6 Å². The standard InChI is InChI=1S/C21H19N5OS/c1-12-9-16(11-23-25-21-24-18-7-5-6-8-19(18)28-21)14(3)26(12)20-17(10-22)13(2)15(4)27-20/h5-9,11H,1-4H3,(H,24,25)/b23-11+. The van der Waals surface area contributed by atoms with Crippen LogP contribution in [0, 0.1) is 39.0 Å². The molecule has 6 nitrogen and oxygen atoms in total. The molecule has 7 heteroatoms. The highest BCUT2D eigenvalue weighted by atomic mass is 32.1. The van der Waals surface area contributed by atoms with Crippen LogP contribution in [0.25, 0.3) is 16.1 Å². The van der Waals surface area contributed by atoms with Gasteiger partial charge in [-0.2, -0.15) is 10.4 Å². The fourth-order valence-corrected chi connectivity index (χ4v) is 4.02. The molecule has 4 aromatic rings. The lowest BCUT2D eigenvalue weighted by molar-refractivity contribution is 0.503. The van der Waals surface area contributed by atoms with Crippen molar-refractivity contribution in [3.05, 3.63) is 64.2 Å². The number of benzene rings is 1. The highest BCUT2D eigenvalue weighted by Crippen LogP contribution is 2.29. The van der Waals surface area contributed by atoms with Gasteiger partial charge in [0.15, 0.2) is 0 Å². The van der Waals surface area contributed by atoms with Gasteiger partial charge in [-0.3, -0.25) is 9.99 Å². The van der Waals surface area contributed by atoms with Crippen molar-refractivity contribution in [2.75, 3.05) is 5.43 Å². The molecule has 4 rings (SSSR count). The number of furan rings is 1. The molecule has 0 bridgehead atoms. The maximum absolute atomic E-state index is 9.52. The SMILES string of the molecule is Cc1oc(-n2c(C)cc(/C=N/Nc3nc4ccccc4s3)c2C)c(C#N)c1C. The summed E-state index contributed by atoms with van der Waals surface area (Å²) < 4.78 is 8.95. The van der Waals surface area contributed by atoms with Gasteiger partial charge in [-0.1, -0.05) is 23.5 Å². The number of rotatable bonds is 4. The summed E-state index contributed by atoms with van der Waals surface area (Å²) in [5.74, 6) is 1.32. The van der Waals surface area contributed by atoms with E-state index in [1.54, 1.807) is 17.6 Å². The Morgan fingerprint density at radius 2 is 2.04 bits per heavy atom. The summed E-state index contributed by atoms with van der Waals surface area (Å²) >= 11 is 1.56. The minimum absolute atomic E-state index is 0.561. The highest BCUT2D eigenvalue weighted by molar-refractivity contribution is 7.22. The Bertz CT molecular complexity index is 1220. The summed E-state index contributed by atoms with van der Waals surface area (Å²) in [5, 5.41) is 14.6. The number of nitrogens with one attached hydrogen (secondary N) is 1. The summed E-state index contributed by atoms with van der Waals surface area (Å²) in [4.78, 5) is 4.51. The van der Waals surface area contributed by atoms with Crippen LogP contribution in [0.15, 0.2) is 39.9 Å². The number of hydrazone groups is 1. The summed E-state index contributed by atoms with van der Waals surface area (Å²) in [6.07, 6.45) is 1.76. The Morgan fingerprint density at radius 1 is 1.25 bits per heavy atom. The van der Waals surface area contributed by atoms with E-state index >= 15 is 0 Å². The average molecular weight is 389 g/mol. The Kier molecular flexibility index (Phi) is 4.49. The van der Waals surface area contributed by atoms with Crippen LogP contribution in [0.5, 0.6) is 0 Å². The normalized spacial score (nSPS) is 11.4. The fraction of sp³-hybridized carbons (Fsp3) is 0.190. The number of aromatic nitrogens is 2. The van der Waals surface area contributed by atoms with Gasteiger partial charge in [-0.25, -0.2) is 4.98 Å². The van der Waals surface area contributed by atoms with E-state index in [9.17, 15) is 5.26 Å². The molecular formula is C21H19N5OS. The van der Waals surface area contributed by atoms with Gasteiger partial charge in [0.25, 0.3) is 0 Å². The average Bonchev–Trinajstić information content (AvgIpc) is 3.29. The highest BCUT2D eigenvalue weighted by Gasteiger charge is 2.20. The van der Waals surface area contributed by atoms with Gasteiger partial charge < -0.3 is 4.42 Å². The zero-order valence-electron chi connectivity index (χ0n) is 16.1. The van der Waals surface area contributed by atoms with Crippen molar-refractivity contribution in [1.82, 2.24) is 9.55 Å². The van der Waals surface area contributed by atoms with Gasteiger partial charge in [0.1, 0.15) is 17.4 Å². The van der Waals surface area contributed by atoms with E-state index in [1.165, 1.54) is 0 Å². The van der Waals surface area contributed by atoms with Crippen LogP contribution in [-0.4, -0.2) is 15.8 Å². The van der Waals surface area contributed by atoms with Gasteiger partial charge in [-0.15, -0.1) is 0 Å². The molecule has 0 aliphatic rings. The molecule has 0 saturated carbocycles. The van der Waals surface area contributed by atoms with E-state index in [0.29, 0.717) is 11.4 Å². The molecule has 0 unspecified atom stereocenters. The van der Waals surface area contributed by atoms with Gasteiger partial charge in [-0.05, 0) is 45.9 Å². The monoisotopic (exact) mass is 389 g/mol. The van der Waals surface area contributed by atoms with Gasteiger partial charge in [0, 0.05) is 22.5 Å². The minimum Gasteiger partial charge on any atom is -0.443 e. The van der Waals surface area contributed by atoms with Crippen molar-refractivity contribution in [2.24, 2.45) is 5.10 Å². The van der Waals surface area contributed by atoms with Crippen molar-refractivity contribution in [3.63, 3.8) is 0 Å². The number of nitriles is 1. The van der Waals surface area contributed by atoms with Gasteiger partial charge >= 0.3 is 0 Å². The number of nitrogens with zero attached hydrogens (tertiary/aromatic N) is 4. The molecule has 0 aliphatic carbocycles. The van der Waals surface area contributed by atoms with Crippen LogP contribution in [0.3, 0.4) is 0 Å². The van der Waals surface area contributed by atoms with Crippen LogP contribution in [0.1, 0.15) is 33.8 Å². The van der Waals surface area contributed by atoms with Gasteiger partial charge in [0.05, 0.1) is 16.4 Å². The molecule has 0 aliphatic heterocycles. The Hall–Kier alpha value is -3.37. The topological polar surface area (TPSA) is 79.1 Å². The summed E-state index contributed by atoms with van der Waals surface area (Å²) in [6, 6.07) is 12.3.